The molecule has 1 atom stereocenters. The first-order valence-corrected chi connectivity index (χ1v) is 7.48. The number of benzene rings is 1. The summed E-state index contributed by atoms with van der Waals surface area (Å²) in [5, 5.41) is 6.05. The van der Waals surface area contributed by atoms with Gasteiger partial charge in [0.15, 0.2) is 5.13 Å². The summed E-state index contributed by atoms with van der Waals surface area (Å²) < 4.78 is 4.91. The van der Waals surface area contributed by atoms with Crippen molar-refractivity contribution < 1.29 is 9.53 Å². The van der Waals surface area contributed by atoms with Gasteiger partial charge in [0.25, 0.3) is 0 Å². The molecule has 1 unspecified atom stereocenters. The lowest BCUT2D eigenvalue weighted by molar-refractivity contribution is -0.142. The summed E-state index contributed by atoms with van der Waals surface area (Å²) in [6.45, 7) is 4.29. The third kappa shape index (κ3) is 4.06. The van der Waals surface area contributed by atoms with Gasteiger partial charge in [-0.3, -0.25) is 4.79 Å². The second kappa shape index (κ2) is 7.05. The molecule has 0 amide bonds. The van der Waals surface area contributed by atoms with Crippen LogP contribution in [0.1, 0.15) is 31.1 Å². The third-order valence-electron chi connectivity index (χ3n) is 2.82. The number of aromatic nitrogens is 1. The van der Waals surface area contributed by atoms with Crippen molar-refractivity contribution in [3.63, 3.8) is 0 Å². The molecule has 106 valence electrons. The highest BCUT2D eigenvalue weighted by Gasteiger charge is 2.10. The second-order valence-electron chi connectivity index (χ2n) is 4.40. The van der Waals surface area contributed by atoms with Crippen LogP contribution in [0.5, 0.6) is 0 Å². The molecule has 1 heterocycles. The number of thiazole rings is 1. The molecule has 0 bridgehead atoms. The number of hydrogen-bond donors (Lipinski definition) is 1. The number of carbonyl (C=O) groups is 1. The van der Waals surface area contributed by atoms with Gasteiger partial charge in [0.2, 0.25) is 0 Å². The summed E-state index contributed by atoms with van der Waals surface area (Å²) >= 11 is 1.50. The van der Waals surface area contributed by atoms with Gasteiger partial charge in [-0.2, -0.15) is 0 Å². The van der Waals surface area contributed by atoms with Crippen LogP contribution in [0.25, 0.3) is 0 Å². The predicted molar refractivity (Wildman–Crippen MR) is 80.9 cm³/mol. The number of esters is 1. The molecule has 1 aromatic carbocycles. The molecule has 5 heteroatoms. The van der Waals surface area contributed by atoms with Gasteiger partial charge in [-0.25, -0.2) is 4.98 Å². The zero-order valence-electron chi connectivity index (χ0n) is 11.6. The van der Waals surface area contributed by atoms with Gasteiger partial charge in [0.05, 0.1) is 24.8 Å². The Hall–Kier alpha value is -1.88. The fourth-order valence-electron chi connectivity index (χ4n) is 1.82. The topological polar surface area (TPSA) is 51.2 Å². The maximum Gasteiger partial charge on any atom is 0.311 e. The Kier molecular flexibility index (Phi) is 5.12. The standard InChI is InChI=1S/C15H18N2O2S/c1-3-19-14(18)9-13-10-20-15(17-13)16-11(2)12-7-5-4-6-8-12/h4-8,10-11H,3,9H2,1-2H3,(H,16,17). The summed E-state index contributed by atoms with van der Waals surface area (Å²) in [6.07, 6.45) is 0.228. The summed E-state index contributed by atoms with van der Waals surface area (Å²) in [5.41, 5.74) is 1.95. The van der Waals surface area contributed by atoms with Crippen LogP contribution in [0, 0.1) is 0 Å². The van der Waals surface area contributed by atoms with Crippen molar-refractivity contribution in [2.75, 3.05) is 11.9 Å². The van der Waals surface area contributed by atoms with Crippen molar-refractivity contribution in [3.8, 4) is 0 Å². The van der Waals surface area contributed by atoms with E-state index in [1.165, 1.54) is 16.9 Å². The molecule has 2 aromatic rings. The first kappa shape index (κ1) is 14.5. The van der Waals surface area contributed by atoms with Crippen LogP contribution in [-0.4, -0.2) is 17.6 Å². The molecular formula is C15H18N2O2S. The lowest BCUT2D eigenvalue weighted by Crippen LogP contribution is -2.09. The van der Waals surface area contributed by atoms with E-state index in [0.717, 1.165) is 10.8 Å². The highest BCUT2D eigenvalue weighted by atomic mass is 32.1. The lowest BCUT2D eigenvalue weighted by Gasteiger charge is -2.12. The minimum atomic E-state index is -0.236. The number of rotatable bonds is 6. The van der Waals surface area contributed by atoms with Crippen LogP contribution in [0.3, 0.4) is 0 Å². The number of carbonyl (C=O) groups excluding carboxylic acids is 1. The Morgan fingerprint density at radius 1 is 1.40 bits per heavy atom. The number of hydrogen-bond acceptors (Lipinski definition) is 5. The Balaban J connectivity index is 1.94. The molecule has 1 aromatic heterocycles. The first-order valence-electron chi connectivity index (χ1n) is 6.60. The maximum absolute atomic E-state index is 11.4. The van der Waals surface area contributed by atoms with Crippen molar-refractivity contribution in [2.24, 2.45) is 0 Å². The maximum atomic E-state index is 11.4. The van der Waals surface area contributed by atoms with Crippen LogP contribution >= 0.6 is 11.3 Å². The molecular weight excluding hydrogens is 272 g/mol. The summed E-state index contributed by atoms with van der Waals surface area (Å²) in [6, 6.07) is 10.4. The smallest absolute Gasteiger partial charge is 0.311 e. The van der Waals surface area contributed by atoms with Crippen LogP contribution in [-0.2, 0) is 16.0 Å². The molecule has 0 saturated heterocycles. The summed E-state index contributed by atoms with van der Waals surface area (Å²) in [5.74, 6) is -0.236. The average molecular weight is 290 g/mol. The van der Waals surface area contributed by atoms with E-state index in [4.69, 9.17) is 4.74 Å². The molecule has 0 aliphatic heterocycles. The zero-order chi connectivity index (χ0) is 14.4. The molecule has 0 aliphatic carbocycles. The van der Waals surface area contributed by atoms with Gasteiger partial charge in [-0.05, 0) is 19.4 Å². The highest BCUT2D eigenvalue weighted by Crippen LogP contribution is 2.22. The molecule has 0 spiro atoms. The van der Waals surface area contributed by atoms with Crippen LogP contribution in [0.4, 0.5) is 5.13 Å². The average Bonchev–Trinajstić information content (AvgIpc) is 2.87. The lowest BCUT2D eigenvalue weighted by atomic mass is 10.1. The van der Waals surface area contributed by atoms with E-state index >= 15 is 0 Å². The quantitative estimate of drug-likeness (QED) is 0.828. The Morgan fingerprint density at radius 2 is 2.15 bits per heavy atom. The number of ether oxygens (including phenoxy) is 1. The fourth-order valence-corrected chi connectivity index (χ4v) is 2.62. The van der Waals surface area contributed by atoms with E-state index in [9.17, 15) is 4.79 Å². The largest absolute Gasteiger partial charge is 0.466 e. The molecule has 0 fully saturated rings. The molecule has 0 radical (unpaired) electrons. The number of nitrogens with one attached hydrogen (secondary N) is 1. The third-order valence-corrected chi connectivity index (χ3v) is 3.64. The van der Waals surface area contributed by atoms with Crippen molar-refractivity contribution in [1.29, 1.82) is 0 Å². The monoisotopic (exact) mass is 290 g/mol. The SMILES string of the molecule is CCOC(=O)Cc1csc(NC(C)c2ccccc2)n1. The molecule has 20 heavy (non-hydrogen) atoms. The predicted octanol–water partition coefficient (Wildman–Crippen LogP) is 3.42. The Morgan fingerprint density at radius 3 is 2.85 bits per heavy atom. The number of anilines is 1. The van der Waals surface area contributed by atoms with Gasteiger partial charge in [-0.1, -0.05) is 30.3 Å². The normalized spacial score (nSPS) is 11.9. The highest BCUT2D eigenvalue weighted by molar-refractivity contribution is 7.13. The number of nitrogens with zero attached hydrogens (tertiary/aromatic N) is 1. The van der Waals surface area contributed by atoms with Crippen molar-refractivity contribution in [1.82, 2.24) is 4.98 Å². The van der Waals surface area contributed by atoms with Gasteiger partial charge < -0.3 is 10.1 Å². The van der Waals surface area contributed by atoms with Crippen molar-refractivity contribution >= 4 is 22.4 Å². The van der Waals surface area contributed by atoms with Crippen molar-refractivity contribution in [2.45, 2.75) is 26.3 Å². The van der Waals surface area contributed by atoms with Gasteiger partial charge in [0, 0.05) is 5.38 Å². The van der Waals surface area contributed by atoms with E-state index in [0.29, 0.717) is 6.61 Å². The van der Waals surface area contributed by atoms with E-state index < -0.39 is 0 Å². The Labute approximate surface area is 122 Å². The fraction of sp³-hybridized carbons (Fsp3) is 0.333. The van der Waals surface area contributed by atoms with Crippen LogP contribution in [0.15, 0.2) is 35.7 Å². The molecule has 0 saturated carbocycles. The molecule has 0 aliphatic rings. The molecule has 4 nitrogen and oxygen atoms in total. The van der Waals surface area contributed by atoms with E-state index in [1.807, 2.05) is 23.6 Å². The second-order valence-corrected chi connectivity index (χ2v) is 5.26. The summed E-state index contributed by atoms with van der Waals surface area (Å²) in [7, 11) is 0. The van der Waals surface area contributed by atoms with Crippen molar-refractivity contribution in [3.05, 3.63) is 47.0 Å². The van der Waals surface area contributed by atoms with Gasteiger partial charge >= 0.3 is 5.97 Å². The Bertz CT molecular complexity index is 554. The molecule has 2 rings (SSSR count). The van der Waals surface area contributed by atoms with E-state index in [-0.39, 0.29) is 18.4 Å². The molecule has 1 N–H and O–H groups in total. The first-order chi connectivity index (χ1) is 9.69. The van der Waals surface area contributed by atoms with Gasteiger partial charge in [-0.15, -0.1) is 11.3 Å². The minimum Gasteiger partial charge on any atom is -0.466 e. The minimum absolute atomic E-state index is 0.179. The van der Waals surface area contributed by atoms with E-state index in [1.54, 1.807) is 6.92 Å². The zero-order valence-corrected chi connectivity index (χ0v) is 12.4. The van der Waals surface area contributed by atoms with Gasteiger partial charge in [0.1, 0.15) is 0 Å². The van der Waals surface area contributed by atoms with Crippen LogP contribution < -0.4 is 5.32 Å². The van der Waals surface area contributed by atoms with E-state index in [2.05, 4.69) is 29.4 Å². The van der Waals surface area contributed by atoms with Crippen LogP contribution in [0.2, 0.25) is 0 Å². The summed E-state index contributed by atoms with van der Waals surface area (Å²) in [4.78, 5) is 15.8.